The van der Waals surface area contributed by atoms with Crippen LogP contribution in [-0.2, 0) is 6.42 Å². The Morgan fingerprint density at radius 2 is 1.75 bits per heavy atom. The Kier molecular flexibility index (Phi) is 3.14. The minimum atomic E-state index is -2.89. The molecule has 1 aromatic carbocycles. The normalized spacial score (nSPS) is 13.3. The quantitative estimate of drug-likeness (QED) is 0.659. The summed E-state index contributed by atoms with van der Waals surface area (Å²) in [6, 6.07) is 9.04. The van der Waals surface area contributed by atoms with Gasteiger partial charge in [0.1, 0.15) is 0 Å². The maximum atomic E-state index is 12.5. The zero-order valence-electron chi connectivity index (χ0n) is 6.31. The van der Waals surface area contributed by atoms with Gasteiger partial charge in [-0.2, -0.15) is 0 Å². The molecule has 0 bridgehead atoms. The van der Waals surface area contributed by atoms with Crippen molar-refractivity contribution in [1.29, 1.82) is 0 Å². The SMILES string of the molecule is FC(F)C(F)Cc1cc[c]cc1. The molecule has 0 aliphatic carbocycles. The lowest BCUT2D eigenvalue weighted by atomic mass is 10.1. The minimum Gasteiger partial charge on any atom is -0.241 e. The van der Waals surface area contributed by atoms with Crippen LogP contribution in [0.15, 0.2) is 24.3 Å². The number of hydrogen-bond acceptors (Lipinski definition) is 0. The van der Waals surface area contributed by atoms with Crippen molar-refractivity contribution in [3.63, 3.8) is 0 Å². The highest BCUT2D eigenvalue weighted by molar-refractivity contribution is 5.14. The van der Waals surface area contributed by atoms with Gasteiger partial charge in [0.2, 0.25) is 0 Å². The van der Waals surface area contributed by atoms with E-state index in [1.165, 1.54) is 0 Å². The van der Waals surface area contributed by atoms with E-state index >= 15 is 0 Å². The molecule has 1 radical (unpaired) electrons. The highest BCUT2D eigenvalue weighted by Crippen LogP contribution is 2.11. The summed E-state index contributed by atoms with van der Waals surface area (Å²) in [5, 5.41) is 0. The van der Waals surface area contributed by atoms with Gasteiger partial charge in [0.25, 0.3) is 6.43 Å². The monoisotopic (exact) mass is 173 g/mol. The van der Waals surface area contributed by atoms with E-state index in [1.807, 2.05) is 0 Å². The van der Waals surface area contributed by atoms with Crippen LogP contribution >= 0.6 is 0 Å². The number of rotatable bonds is 3. The predicted molar refractivity (Wildman–Crippen MR) is 39.9 cm³/mol. The van der Waals surface area contributed by atoms with Crippen LogP contribution in [0.1, 0.15) is 5.56 Å². The zero-order chi connectivity index (χ0) is 8.97. The van der Waals surface area contributed by atoms with E-state index in [0.717, 1.165) is 0 Å². The summed E-state index contributed by atoms with van der Waals surface area (Å²) in [6.45, 7) is 0. The molecular formula is C9H8F3. The fraction of sp³-hybridized carbons (Fsp3) is 0.333. The topological polar surface area (TPSA) is 0 Å². The van der Waals surface area contributed by atoms with Crippen LogP contribution in [0.3, 0.4) is 0 Å². The molecular weight excluding hydrogens is 165 g/mol. The molecule has 1 atom stereocenters. The second-order valence-corrected chi connectivity index (χ2v) is 2.46. The zero-order valence-corrected chi connectivity index (χ0v) is 6.31. The summed E-state index contributed by atoms with van der Waals surface area (Å²) in [6.07, 6.45) is -5.19. The lowest BCUT2D eigenvalue weighted by Crippen LogP contribution is -2.14. The molecule has 0 saturated carbocycles. The molecule has 65 valence electrons. The molecule has 0 saturated heterocycles. The minimum absolute atomic E-state index is 0.230. The third-order valence-corrected chi connectivity index (χ3v) is 1.49. The van der Waals surface area contributed by atoms with Gasteiger partial charge in [0, 0.05) is 6.42 Å². The van der Waals surface area contributed by atoms with E-state index in [1.54, 1.807) is 24.3 Å². The maximum absolute atomic E-state index is 12.5. The molecule has 3 heteroatoms. The van der Waals surface area contributed by atoms with Crippen molar-refractivity contribution in [2.24, 2.45) is 0 Å². The van der Waals surface area contributed by atoms with Gasteiger partial charge in [-0.25, -0.2) is 13.2 Å². The lowest BCUT2D eigenvalue weighted by molar-refractivity contribution is 0.0503. The molecule has 0 N–H and O–H groups in total. The Hall–Kier alpha value is -0.990. The molecule has 12 heavy (non-hydrogen) atoms. The molecule has 1 aromatic rings. The first-order chi connectivity index (χ1) is 5.70. The first-order valence-corrected chi connectivity index (χ1v) is 3.57. The number of halogens is 3. The number of hydrogen-bond donors (Lipinski definition) is 0. The van der Waals surface area contributed by atoms with Gasteiger partial charge < -0.3 is 0 Å². The average molecular weight is 173 g/mol. The fourth-order valence-corrected chi connectivity index (χ4v) is 0.872. The van der Waals surface area contributed by atoms with E-state index in [4.69, 9.17) is 0 Å². The Balaban J connectivity index is 2.53. The number of alkyl halides is 3. The Morgan fingerprint density at radius 1 is 1.17 bits per heavy atom. The van der Waals surface area contributed by atoms with Crippen molar-refractivity contribution in [2.45, 2.75) is 19.0 Å². The molecule has 0 fully saturated rings. The van der Waals surface area contributed by atoms with E-state index < -0.39 is 12.6 Å². The molecule has 0 aliphatic heterocycles. The van der Waals surface area contributed by atoms with Crippen LogP contribution in [0.2, 0.25) is 0 Å². The molecule has 0 amide bonds. The van der Waals surface area contributed by atoms with Crippen LogP contribution in [0.4, 0.5) is 13.2 Å². The Bertz CT molecular complexity index is 220. The molecule has 0 heterocycles. The van der Waals surface area contributed by atoms with Gasteiger partial charge in [-0.1, -0.05) is 24.3 Å². The summed E-state index contributed by atoms with van der Waals surface area (Å²) in [5.74, 6) is 0. The van der Waals surface area contributed by atoms with E-state index in [9.17, 15) is 13.2 Å². The highest BCUT2D eigenvalue weighted by atomic mass is 19.3. The van der Waals surface area contributed by atoms with Crippen molar-refractivity contribution < 1.29 is 13.2 Å². The summed E-state index contributed by atoms with van der Waals surface area (Å²) >= 11 is 0. The van der Waals surface area contributed by atoms with E-state index in [2.05, 4.69) is 6.07 Å². The summed E-state index contributed by atoms with van der Waals surface area (Å²) in [5.41, 5.74) is 0.571. The van der Waals surface area contributed by atoms with Crippen LogP contribution in [0, 0.1) is 6.07 Å². The number of benzene rings is 1. The van der Waals surface area contributed by atoms with Gasteiger partial charge in [0.15, 0.2) is 6.17 Å². The Morgan fingerprint density at radius 3 is 2.25 bits per heavy atom. The third kappa shape index (κ3) is 2.57. The summed E-state index contributed by atoms with van der Waals surface area (Å²) < 4.78 is 35.9. The second kappa shape index (κ2) is 4.14. The highest BCUT2D eigenvalue weighted by Gasteiger charge is 2.18. The Labute approximate surface area is 69.0 Å². The first-order valence-electron chi connectivity index (χ1n) is 3.57. The molecule has 0 nitrogen and oxygen atoms in total. The van der Waals surface area contributed by atoms with Crippen LogP contribution in [0.5, 0.6) is 0 Å². The third-order valence-electron chi connectivity index (χ3n) is 1.49. The van der Waals surface area contributed by atoms with Crippen molar-refractivity contribution in [3.8, 4) is 0 Å². The van der Waals surface area contributed by atoms with Crippen molar-refractivity contribution >= 4 is 0 Å². The largest absolute Gasteiger partial charge is 0.269 e. The molecule has 1 unspecified atom stereocenters. The molecule has 0 aliphatic rings. The van der Waals surface area contributed by atoms with Crippen molar-refractivity contribution in [3.05, 3.63) is 35.9 Å². The van der Waals surface area contributed by atoms with Crippen LogP contribution < -0.4 is 0 Å². The molecule has 0 spiro atoms. The molecule has 0 aromatic heterocycles. The summed E-state index contributed by atoms with van der Waals surface area (Å²) in [4.78, 5) is 0. The second-order valence-electron chi connectivity index (χ2n) is 2.46. The maximum Gasteiger partial charge on any atom is 0.269 e. The van der Waals surface area contributed by atoms with Crippen LogP contribution in [0.25, 0.3) is 0 Å². The van der Waals surface area contributed by atoms with Gasteiger partial charge in [-0.15, -0.1) is 0 Å². The van der Waals surface area contributed by atoms with Gasteiger partial charge in [-0.3, -0.25) is 0 Å². The van der Waals surface area contributed by atoms with Crippen molar-refractivity contribution in [1.82, 2.24) is 0 Å². The van der Waals surface area contributed by atoms with Crippen LogP contribution in [-0.4, -0.2) is 12.6 Å². The van der Waals surface area contributed by atoms with E-state index in [-0.39, 0.29) is 6.42 Å². The fourth-order valence-electron chi connectivity index (χ4n) is 0.872. The van der Waals surface area contributed by atoms with Gasteiger partial charge >= 0.3 is 0 Å². The summed E-state index contributed by atoms with van der Waals surface area (Å²) in [7, 11) is 0. The smallest absolute Gasteiger partial charge is 0.241 e. The first kappa shape index (κ1) is 9.10. The predicted octanol–water partition coefficient (Wildman–Crippen LogP) is 2.63. The molecule has 1 rings (SSSR count). The van der Waals surface area contributed by atoms with Gasteiger partial charge in [-0.05, 0) is 11.6 Å². The average Bonchev–Trinajstić information content (AvgIpc) is 2.06. The van der Waals surface area contributed by atoms with E-state index in [0.29, 0.717) is 5.56 Å². The lowest BCUT2D eigenvalue weighted by Gasteiger charge is -2.05. The van der Waals surface area contributed by atoms with Gasteiger partial charge in [0.05, 0.1) is 0 Å². The standard InChI is InChI=1S/C9H8F3/c10-8(9(11)12)6-7-4-2-1-3-5-7/h2-5,8-9H,6H2. The van der Waals surface area contributed by atoms with Crippen molar-refractivity contribution in [2.75, 3.05) is 0 Å².